The molecule has 0 spiro atoms. The fourth-order valence-corrected chi connectivity index (χ4v) is 4.34. The molecular weight excluding hydrogens is 308 g/mol. The quantitative estimate of drug-likeness (QED) is 0.615. The van der Waals surface area contributed by atoms with Crippen molar-refractivity contribution < 1.29 is 4.21 Å². The highest BCUT2D eigenvalue weighted by Gasteiger charge is 2.25. The maximum Gasteiger partial charge on any atom is 0.191 e. The molecule has 1 heterocycles. The van der Waals surface area contributed by atoms with E-state index in [1.54, 1.807) is 7.05 Å². The summed E-state index contributed by atoms with van der Waals surface area (Å²) >= 11 is 0. The zero-order valence-electron chi connectivity index (χ0n) is 14.1. The summed E-state index contributed by atoms with van der Waals surface area (Å²) in [5, 5.41) is 7.16. The second-order valence-electron chi connectivity index (χ2n) is 5.87. The van der Waals surface area contributed by atoms with Crippen molar-refractivity contribution in [1.82, 2.24) is 15.6 Å². The van der Waals surface area contributed by atoms with Gasteiger partial charge in [-0.2, -0.15) is 0 Å². The number of nitrogens with one attached hydrogen (secondary N) is 2. The minimum atomic E-state index is -0.690. The van der Waals surface area contributed by atoms with Crippen molar-refractivity contribution in [3.63, 3.8) is 0 Å². The highest BCUT2D eigenvalue weighted by molar-refractivity contribution is 7.85. The molecule has 0 saturated heterocycles. The third kappa shape index (κ3) is 5.94. The molecule has 0 aromatic carbocycles. The molecule has 1 aliphatic carbocycles. The number of rotatable bonds is 6. The van der Waals surface area contributed by atoms with Crippen LogP contribution < -0.4 is 10.6 Å². The summed E-state index contributed by atoms with van der Waals surface area (Å²) in [6.07, 6.45) is 7.01. The van der Waals surface area contributed by atoms with Crippen LogP contribution in [0.4, 0.5) is 0 Å². The highest BCUT2D eigenvalue weighted by Crippen LogP contribution is 2.22. The first-order chi connectivity index (χ1) is 11.2. The van der Waals surface area contributed by atoms with Gasteiger partial charge in [0.05, 0.1) is 0 Å². The molecule has 128 valence electrons. The third-order valence-electron chi connectivity index (χ3n) is 4.25. The van der Waals surface area contributed by atoms with Crippen LogP contribution in [0.5, 0.6) is 0 Å². The smallest absolute Gasteiger partial charge is 0.191 e. The largest absolute Gasteiger partial charge is 0.356 e. The SMILES string of the molecule is CCS(=O)C1CCCC(NC(=NC)NCCc2ccccn2)C1. The Bertz CT molecular complexity index is 521. The van der Waals surface area contributed by atoms with Crippen LogP contribution in [0.1, 0.15) is 38.3 Å². The van der Waals surface area contributed by atoms with Crippen LogP contribution in [-0.4, -0.2) is 45.8 Å². The van der Waals surface area contributed by atoms with Crippen molar-refractivity contribution in [3.05, 3.63) is 30.1 Å². The van der Waals surface area contributed by atoms with Gasteiger partial charge in [0.1, 0.15) is 0 Å². The molecule has 3 unspecified atom stereocenters. The van der Waals surface area contributed by atoms with E-state index in [2.05, 4.69) is 20.6 Å². The predicted octanol–water partition coefficient (Wildman–Crippen LogP) is 1.87. The summed E-state index contributed by atoms with van der Waals surface area (Å²) < 4.78 is 12.0. The van der Waals surface area contributed by atoms with Gasteiger partial charge >= 0.3 is 0 Å². The lowest BCUT2D eigenvalue weighted by Crippen LogP contribution is -2.47. The summed E-state index contributed by atoms with van der Waals surface area (Å²) in [4.78, 5) is 8.62. The maximum atomic E-state index is 12.0. The third-order valence-corrected chi connectivity index (χ3v) is 5.99. The van der Waals surface area contributed by atoms with Gasteiger partial charge in [0, 0.05) is 59.7 Å². The molecule has 1 fully saturated rings. The van der Waals surface area contributed by atoms with Crippen LogP contribution in [0.15, 0.2) is 29.4 Å². The first-order valence-electron chi connectivity index (χ1n) is 8.47. The zero-order chi connectivity index (χ0) is 16.5. The number of aliphatic imine (C=N–C) groups is 1. The number of guanidine groups is 1. The average Bonchev–Trinajstić information content (AvgIpc) is 2.61. The zero-order valence-corrected chi connectivity index (χ0v) is 14.9. The molecule has 1 aromatic rings. The van der Waals surface area contributed by atoms with Crippen LogP contribution in [0.3, 0.4) is 0 Å². The van der Waals surface area contributed by atoms with Crippen LogP contribution in [-0.2, 0) is 17.2 Å². The Morgan fingerprint density at radius 2 is 2.30 bits per heavy atom. The first kappa shape index (κ1) is 17.9. The molecule has 2 rings (SSSR count). The minimum Gasteiger partial charge on any atom is -0.356 e. The Morgan fingerprint density at radius 3 is 3.00 bits per heavy atom. The summed E-state index contributed by atoms with van der Waals surface area (Å²) in [6, 6.07) is 6.33. The van der Waals surface area contributed by atoms with Gasteiger partial charge in [0.25, 0.3) is 0 Å². The van der Waals surface area contributed by atoms with Gasteiger partial charge < -0.3 is 10.6 Å². The topological polar surface area (TPSA) is 66.4 Å². The molecule has 2 N–H and O–H groups in total. The second-order valence-corrected chi connectivity index (χ2v) is 7.87. The first-order valence-corrected chi connectivity index (χ1v) is 9.85. The lowest BCUT2D eigenvalue weighted by Gasteiger charge is -2.30. The lowest BCUT2D eigenvalue weighted by atomic mass is 9.95. The van der Waals surface area contributed by atoms with E-state index in [1.807, 2.05) is 31.3 Å². The molecule has 3 atom stereocenters. The van der Waals surface area contributed by atoms with E-state index in [-0.39, 0.29) is 0 Å². The van der Waals surface area contributed by atoms with E-state index in [0.717, 1.165) is 56.1 Å². The van der Waals surface area contributed by atoms with Crippen LogP contribution in [0.2, 0.25) is 0 Å². The molecule has 23 heavy (non-hydrogen) atoms. The van der Waals surface area contributed by atoms with E-state index in [4.69, 9.17) is 0 Å². The van der Waals surface area contributed by atoms with Gasteiger partial charge in [-0.3, -0.25) is 14.2 Å². The van der Waals surface area contributed by atoms with Gasteiger partial charge in [0.2, 0.25) is 0 Å². The molecule has 5 nitrogen and oxygen atoms in total. The van der Waals surface area contributed by atoms with Crippen molar-refractivity contribution in [2.24, 2.45) is 4.99 Å². The summed E-state index contributed by atoms with van der Waals surface area (Å²) in [7, 11) is 1.10. The van der Waals surface area contributed by atoms with Gasteiger partial charge in [-0.1, -0.05) is 19.4 Å². The molecule has 0 radical (unpaired) electrons. The van der Waals surface area contributed by atoms with Crippen molar-refractivity contribution in [2.75, 3.05) is 19.3 Å². The minimum absolute atomic E-state index is 0.331. The Morgan fingerprint density at radius 1 is 1.43 bits per heavy atom. The molecule has 6 heteroatoms. The van der Waals surface area contributed by atoms with Gasteiger partial charge in [-0.05, 0) is 31.4 Å². The monoisotopic (exact) mass is 336 g/mol. The van der Waals surface area contributed by atoms with Crippen molar-refractivity contribution in [3.8, 4) is 0 Å². The fourth-order valence-electron chi connectivity index (χ4n) is 2.99. The molecular formula is C17H28N4OS. The average molecular weight is 337 g/mol. The molecule has 0 bridgehead atoms. The summed E-state index contributed by atoms with van der Waals surface area (Å²) in [5.41, 5.74) is 1.08. The van der Waals surface area contributed by atoms with E-state index in [9.17, 15) is 4.21 Å². The Balaban J connectivity index is 1.77. The van der Waals surface area contributed by atoms with E-state index in [1.165, 1.54) is 0 Å². The standard InChI is InChI=1S/C17H28N4OS/c1-3-23(22)16-9-6-8-15(13-16)21-17(18-2)20-12-10-14-7-4-5-11-19-14/h4-5,7,11,15-16H,3,6,8-10,12-13H2,1-2H3,(H2,18,20,21). The Kier molecular flexibility index (Phi) is 7.52. The van der Waals surface area contributed by atoms with Crippen LogP contribution in [0, 0.1) is 0 Å². The molecule has 1 aliphatic rings. The normalized spacial score (nSPS) is 23.3. The number of hydrogen-bond donors (Lipinski definition) is 2. The van der Waals surface area contributed by atoms with E-state index < -0.39 is 10.8 Å². The number of aromatic nitrogens is 1. The fraction of sp³-hybridized carbons (Fsp3) is 0.647. The van der Waals surface area contributed by atoms with Gasteiger partial charge in [0.15, 0.2) is 5.96 Å². The predicted molar refractivity (Wildman–Crippen MR) is 97.2 cm³/mol. The van der Waals surface area contributed by atoms with Crippen molar-refractivity contribution in [2.45, 2.75) is 50.3 Å². The molecule has 1 aromatic heterocycles. The number of pyridine rings is 1. The second kappa shape index (κ2) is 9.65. The number of nitrogens with zero attached hydrogens (tertiary/aromatic N) is 2. The summed E-state index contributed by atoms with van der Waals surface area (Å²) in [6.45, 7) is 2.80. The maximum absolute atomic E-state index is 12.0. The van der Waals surface area contributed by atoms with Crippen molar-refractivity contribution >= 4 is 16.8 Å². The Labute approximate surface area is 141 Å². The van der Waals surface area contributed by atoms with Gasteiger partial charge in [-0.15, -0.1) is 0 Å². The Hall–Kier alpha value is -1.43. The lowest BCUT2D eigenvalue weighted by molar-refractivity contribution is 0.413. The highest BCUT2D eigenvalue weighted by atomic mass is 32.2. The van der Waals surface area contributed by atoms with E-state index in [0.29, 0.717) is 11.3 Å². The number of hydrogen-bond acceptors (Lipinski definition) is 3. The summed E-state index contributed by atoms with van der Waals surface area (Å²) in [5.74, 6) is 1.59. The van der Waals surface area contributed by atoms with Gasteiger partial charge in [-0.25, -0.2) is 0 Å². The van der Waals surface area contributed by atoms with E-state index >= 15 is 0 Å². The molecule has 1 saturated carbocycles. The van der Waals surface area contributed by atoms with Crippen molar-refractivity contribution in [1.29, 1.82) is 0 Å². The van der Waals surface area contributed by atoms with Crippen LogP contribution >= 0.6 is 0 Å². The molecule has 0 amide bonds. The van der Waals surface area contributed by atoms with Crippen LogP contribution in [0.25, 0.3) is 0 Å². The molecule has 0 aliphatic heterocycles.